The average molecular weight is 244 g/mol. The summed E-state index contributed by atoms with van der Waals surface area (Å²) in [5.74, 6) is -4.46. The van der Waals surface area contributed by atoms with Crippen molar-refractivity contribution in [3.8, 4) is 5.75 Å². The Morgan fingerprint density at radius 3 is 2.35 bits per heavy atom. The number of anilines is 1. The van der Waals surface area contributed by atoms with Gasteiger partial charge in [0.1, 0.15) is 0 Å². The van der Waals surface area contributed by atoms with Crippen LogP contribution < -0.4 is 15.4 Å². The van der Waals surface area contributed by atoms with Gasteiger partial charge in [-0.25, -0.2) is 8.78 Å². The minimum Gasteiger partial charge on any atom is -0.494 e. The Hall–Kier alpha value is -2.18. The quantitative estimate of drug-likeness (QED) is 0.766. The third-order valence-corrected chi connectivity index (χ3v) is 2.10. The zero-order valence-corrected chi connectivity index (χ0v) is 9.16. The summed E-state index contributed by atoms with van der Waals surface area (Å²) in [5.41, 5.74) is 4.35. The number of hydrogen-bond acceptors (Lipinski definition) is 3. The van der Waals surface area contributed by atoms with Crippen molar-refractivity contribution in [1.82, 2.24) is 0 Å². The second-order valence-electron chi connectivity index (χ2n) is 3.17. The SMILES string of the molecule is COc1cc(F)c(N(C)C(=O)C(N)=O)cc1F. The number of benzene rings is 1. The van der Waals surface area contributed by atoms with E-state index in [2.05, 4.69) is 4.74 Å². The number of nitrogens with two attached hydrogens (primary N) is 1. The van der Waals surface area contributed by atoms with Crippen molar-refractivity contribution in [2.75, 3.05) is 19.1 Å². The molecule has 0 atom stereocenters. The maximum Gasteiger partial charge on any atom is 0.315 e. The van der Waals surface area contributed by atoms with E-state index in [0.717, 1.165) is 19.2 Å². The largest absolute Gasteiger partial charge is 0.494 e. The molecule has 0 saturated heterocycles. The number of amides is 2. The van der Waals surface area contributed by atoms with Crippen LogP contribution in [0.2, 0.25) is 0 Å². The highest BCUT2D eigenvalue weighted by Crippen LogP contribution is 2.26. The van der Waals surface area contributed by atoms with Crippen LogP contribution in [0.25, 0.3) is 0 Å². The van der Waals surface area contributed by atoms with Crippen LogP contribution in [0.5, 0.6) is 5.75 Å². The molecule has 0 spiro atoms. The van der Waals surface area contributed by atoms with Gasteiger partial charge in [0, 0.05) is 19.2 Å². The van der Waals surface area contributed by atoms with Crippen molar-refractivity contribution in [1.29, 1.82) is 0 Å². The molecule has 0 heterocycles. The third kappa shape index (κ3) is 2.49. The number of rotatable bonds is 2. The Kier molecular flexibility index (Phi) is 3.62. The van der Waals surface area contributed by atoms with Gasteiger partial charge in [0.15, 0.2) is 17.4 Å². The number of likely N-dealkylation sites (N-methyl/N-ethyl adjacent to an activating group) is 1. The van der Waals surface area contributed by atoms with Gasteiger partial charge < -0.3 is 15.4 Å². The molecule has 0 unspecified atom stereocenters. The van der Waals surface area contributed by atoms with E-state index in [1.165, 1.54) is 7.11 Å². The zero-order chi connectivity index (χ0) is 13.2. The van der Waals surface area contributed by atoms with Gasteiger partial charge in [0.25, 0.3) is 0 Å². The molecule has 1 rings (SSSR count). The van der Waals surface area contributed by atoms with E-state index in [-0.39, 0.29) is 5.75 Å². The number of primary amides is 1. The van der Waals surface area contributed by atoms with Gasteiger partial charge in [0.2, 0.25) is 0 Å². The lowest BCUT2D eigenvalue weighted by atomic mass is 10.2. The second-order valence-corrected chi connectivity index (χ2v) is 3.17. The van der Waals surface area contributed by atoms with Crippen LogP contribution in [0.15, 0.2) is 12.1 Å². The molecule has 0 saturated carbocycles. The number of ether oxygens (including phenoxy) is 1. The number of hydrogen-bond donors (Lipinski definition) is 1. The maximum atomic E-state index is 13.5. The normalized spacial score (nSPS) is 9.88. The van der Waals surface area contributed by atoms with Crippen molar-refractivity contribution < 1.29 is 23.1 Å². The van der Waals surface area contributed by atoms with Gasteiger partial charge in [-0.15, -0.1) is 0 Å². The van der Waals surface area contributed by atoms with Crippen LogP contribution >= 0.6 is 0 Å². The predicted molar refractivity (Wildman–Crippen MR) is 55.5 cm³/mol. The summed E-state index contributed by atoms with van der Waals surface area (Å²) >= 11 is 0. The maximum absolute atomic E-state index is 13.5. The van der Waals surface area contributed by atoms with Crippen molar-refractivity contribution in [3.05, 3.63) is 23.8 Å². The van der Waals surface area contributed by atoms with Crippen molar-refractivity contribution in [2.45, 2.75) is 0 Å². The molecular weight excluding hydrogens is 234 g/mol. The van der Waals surface area contributed by atoms with Gasteiger partial charge in [-0.3, -0.25) is 9.59 Å². The first-order chi connectivity index (χ1) is 7.88. The number of methoxy groups -OCH3 is 1. The van der Waals surface area contributed by atoms with Crippen molar-refractivity contribution in [2.24, 2.45) is 5.73 Å². The molecule has 0 aliphatic heterocycles. The number of carbonyl (C=O) groups excluding carboxylic acids is 2. The minimum atomic E-state index is -1.26. The lowest BCUT2D eigenvalue weighted by Crippen LogP contribution is -2.38. The lowest BCUT2D eigenvalue weighted by molar-refractivity contribution is -0.135. The Balaban J connectivity index is 3.19. The van der Waals surface area contributed by atoms with Crippen LogP contribution in [0.1, 0.15) is 0 Å². The Labute approximate surface area is 95.8 Å². The van der Waals surface area contributed by atoms with Crippen LogP contribution in [-0.2, 0) is 9.59 Å². The molecule has 1 aromatic rings. The van der Waals surface area contributed by atoms with E-state index in [4.69, 9.17) is 5.73 Å². The number of carbonyl (C=O) groups is 2. The highest BCUT2D eigenvalue weighted by Gasteiger charge is 2.21. The molecular formula is C10H10F2N2O3. The summed E-state index contributed by atoms with van der Waals surface area (Å²) in [5, 5.41) is 0. The smallest absolute Gasteiger partial charge is 0.315 e. The van der Waals surface area contributed by atoms with Crippen LogP contribution in [0.3, 0.4) is 0 Å². The molecule has 1 aromatic carbocycles. The van der Waals surface area contributed by atoms with Gasteiger partial charge in [-0.1, -0.05) is 0 Å². The molecule has 17 heavy (non-hydrogen) atoms. The van der Waals surface area contributed by atoms with E-state index in [9.17, 15) is 18.4 Å². The molecule has 0 aliphatic carbocycles. The highest BCUT2D eigenvalue weighted by atomic mass is 19.1. The first-order valence-electron chi connectivity index (χ1n) is 4.49. The first kappa shape index (κ1) is 12.9. The van der Waals surface area contributed by atoms with Crippen LogP contribution in [-0.4, -0.2) is 26.0 Å². The molecule has 0 aliphatic rings. The van der Waals surface area contributed by atoms with E-state index < -0.39 is 29.1 Å². The standard InChI is InChI=1S/C10H10F2N2O3/c1-14(10(16)9(13)15)7-3-6(12)8(17-2)4-5(7)11/h3-4H,1-2H3,(H2,13,15). The van der Waals surface area contributed by atoms with Crippen molar-refractivity contribution in [3.63, 3.8) is 0 Å². The lowest BCUT2D eigenvalue weighted by Gasteiger charge is -2.16. The average Bonchev–Trinajstić information content (AvgIpc) is 2.29. The monoisotopic (exact) mass is 244 g/mol. The highest BCUT2D eigenvalue weighted by molar-refractivity contribution is 6.39. The van der Waals surface area contributed by atoms with E-state index in [1.54, 1.807) is 0 Å². The molecule has 92 valence electrons. The van der Waals surface area contributed by atoms with Gasteiger partial charge in [-0.2, -0.15) is 0 Å². The summed E-state index contributed by atoms with van der Waals surface area (Å²) in [6.45, 7) is 0. The molecule has 0 fully saturated rings. The van der Waals surface area contributed by atoms with Crippen LogP contribution in [0, 0.1) is 11.6 Å². The molecule has 5 nitrogen and oxygen atoms in total. The fourth-order valence-electron chi connectivity index (χ4n) is 1.21. The summed E-state index contributed by atoms with van der Waals surface area (Å²) in [6, 6.07) is 1.52. The zero-order valence-electron chi connectivity index (χ0n) is 9.16. The van der Waals surface area contributed by atoms with Crippen LogP contribution in [0.4, 0.5) is 14.5 Å². The van der Waals surface area contributed by atoms with Crippen molar-refractivity contribution >= 4 is 17.5 Å². The molecule has 7 heteroatoms. The van der Waals surface area contributed by atoms with Gasteiger partial charge in [0.05, 0.1) is 12.8 Å². The van der Waals surface area contributed by atoms with E-state index in [0.29, 0.717) is 4.90 Å². The minimum absolute atomic E-state index is 0.300. The van der Waals surface area contributed by atoms with E-state index in [1.807, 2.05) is 0 Å². The second kappa shape index (κ2) is 4.77. The Morgan fingerprint density at radius 1 is 1.29 bits per heavy atom. The third-order valence-electron chi connectivity index (χ3n) is 2.10. The van der Waals surface area contributed by atoms with Gasteiger partial charge in [-0.05, 0) is 0 Å². The summed E-state index contributed by atoms with van der Waals surface area (Å²) in [7, 11) is 2.28. The topological polar surface area (TPSA) is 72.6 Å². The molecule has 0 radical (unpaired) electrons. The number of nitrogens with zero attached hydrogens (tertiary/aromatic N) is 1. The number of halogens is 2. The summed E-state index contributed by atoms with van der Waals surface area (Å²) < 4.78 is 31.4. The first-order valence-corrected chi connectivity index (χ1v) is 4.49. The fourth-order valence-corrected chi connectivity index (χ4v) is 1.21. The van der Waals surface area contributed by atoms with Gasteiger partial charge >= 0.3 is 11.8 Å². The molecule has 0 aromatic heterocycles. The fraction of sp³-hybridized carbons (Fsp3) is 0.200. The van der Waals surface area contributed by atoms with E-state index >= 15 is 0 Å². The molecule has 2 N–H and O–H groups in total. The molecule has 2 amide bonds. The summed E-state index contributed by atoms with van der Waals surface area (Å²) in [4.78, 5) is 22.4. The molecule has 0 bridgehead atoms. The summed E-state index contributed by atoms with van der Waals surface area (Å²) in [6.07, 6.45) is 0. The Morgan fingerprint density at radius 2 is 1.88 bits per heavy atom. The Bertz CT molecular complexity index is 477. The predicted octanol–water partition coefficient (Wildman–Crippen LogP) is 0.421.